The van der Waals surface area contributed by atoms with Gasteiger partial charge in [-0.25, -0.2) is 4.79 Å². The van der Waals surface area contributed by atoms with Crippen LogP contribution in [0.4, 0.5) is 0 Å². The van der Waals surface area contributed by atoms with Crippen LogP contribution in [0.15, 0.2) is 30.3 Å². The minimum absolute atomic E-state index is 0.187. The number of thioether (sulfide) groups is 1. The Hall–Kier alpha value is -1.49. The number of aliphatic carboxylic acids is 1. The van der Waals surface area contributed by atoms with Crippen LogP contribution < -0.4 is 5.32 Å². The van der Waals surface area contributed by atoms with Crippen LogP contribution in [0.25, 0.3) is 0 Å². The van der Waals surface area contributed by atoms with Crippen molar-refractivity contribution < 1.29 is 14.7 Å². The first-order valence-electron chi connectivity index (χ1n) is 6.74. The van der Waals surface area contributed by atoms with Crippen molar-refractivity contribution in [2.24, 2.45) is 0 Å². The molecule has 20 heavy (non-hydrogen) atoms. The highest BCUT2D eigenvalue weighted by molar-refractivity contribution is 7.99. The number of carboxylic acids is 1. The normalized spacial score (nSPS) is 17.9. The Labute approximate surface area is 123 Å². The highest BCUT2D eigenvalue weighted by Crippen LogP contribution is 2.32. The van der Waals surface area contributed by atoms with Gasteiger partial charge in [-0.15, -0.1) is 11.8 Å². The van der Waals surface area contributed by atoms with Crippen molar-refractivity contribution in [3.8, 4) is 0 Å². The lowest BCUT2D eigenvalue weighted by molar-refractivity contribution is -0.151. The lowest BCUT2D eigenvalue weighted by Gasteiger charge is -2.38. The van der Waals surface area contributed by atoms with E-state index in [0.29, 0.717) is 12.8 Å². The van der Waals surface area contributed by atoms with Gasteiger partial charge in [0, 0.05) is 5.75 Å². The maximum atomic E-state index is 12.1. The van der Waals surface area contributed by atoms with Crippen molar-refractivity contribution in [2.75, 3.05) is 0 Å². The van der Waals surface area contributed by atoms with Crippen LogP contribution in [0.1, 0.15) is 31.7 Å². The van der Waals surface area contributed by atoms with Crippen LogP contribution in [-0.4, -0.2) is 27.8 Å². The monoisotopic (exact) mass is 293 g/mol. The van der Waals surface area contributed by atoms with Crippen molar-refractivity contribution in [3.05, 3.63) is 35.9 Å². The summed E-state index contributed by atoms with van der Waals surface area (Å²) in [7, 11) is 0. The van der Waals surface area contributed by atoms with E-state index in [1.54, 1.807) is 0 Å². The van der Waals surface area contributed by atoms with Crippen molar-refractivity contribution in [3.63, 3.8) is 0 Å². The van der Waals surface area contributed by atoms with Gasteiger partial charge < -0.3 is 10.4 Å². The van der Waals surface area contributed by atoms with E-state index in [1.807, 2.05) is 37.3 Å². The predicted octanol–water partition coefficient (Wildman–Crippen LogP) is 2.43. The molecule has 0 saturated heterocycles. The van der Waals surface area contributed by atoms with Gasteiger partial charge in [0.2, 0.25) is 5.91 Å². The molecule has 1 aromatic carbocycles. The highest BCUT2D eigenvalue weighted by atomic mass is 32.2. The van der Waals surface area contributed by atoms with Crippen LogP contribution in [0.2, 0.25) is 0 Å². The lowest BCUT2D eigenvalue weighted by Crippen LogP contribution is -2.60. The molecule has 1 atom stereocenters. The molecule has 0 spiro atoms. The minimum Gasteiger partial charge on any atom is -0.480 e. The number of hydrogen-bond acceptors (Lipinski definition) is 3. The number of carbonyl (C=O) groups excluding carboxylic acids is 1. The molecule has 2 rings (SSSR count). The first-order chi connectivity index (χ1) is 9.53. The zero-order valence-corrected chi connectivity index (χ0v) is 12.3. The maximum absolute atomic E-state index is 12.1. The van der Waals surface area contributed by atoms with E-state index in [9.17, 15) is 14.7 Å². The van der Waals surface area contributed by atoms with Crippen molar-refractivity contribution in [1.82, 2.24) is 5.32 Å². The number of rotatable bonds is 6. The molecule has 108 valence electrons. The Bertz CT molecular complexity index is 485. The standard InChI is InChI=1S/C15H19NO3S/c1-11(20-10-12-6-3-2-4-7-12)13(17)16-15(14(18)19)8-5-9-15/h2-4,6-7,11H,5,8-10H2,1H3,(H,16,17)(H,18,19). The zero-order chi connectivity index (χ0) is 14.6. The SMILES string of the molecule is CC(SCc1ccccc1)C(=O)NC1(C(=O)O)CCC1. The third-order valence-corrected chi connectivity index (χ3v) is 4.91. The molecule has 0 radical (unpaired) electrons. The Morgan fingerprint density at radius 2 is 2.00 bits per heavy atom. The average molecular weight is 293 g/mol. The average Bonchev–Trinajstić information content (AvgIpc) is 2.40. The third-order valence-electron chi connectivity index (χ3n) is 3.69. The number of carboxylic acid groups (broad SMARTS) is 1. The summed E-state index contributed by atoms with van der Waals surface area (Å²) >= 11 is 1.52. The molecular weight excluding hydrogens is 274 g/mol. The largest absolute Gasteiger partial charge is 0.480 e. The Kier molecular flexibility index (Phi) is 4.70. The second kappa shape index (κ2) is 6.31. The Morgan fingerprint density at radius 1 is 1.35 bits per heavy atom. The summed E-state index contributed by atoms with van der Waals surface area (Å²) in [5, 5.41) is 11.6. The molecule has 4 nitrogen and oxygen atoms in total. The molecule has 1 unspecified atom stereocenters. The first-order valence-corrected chi connectivity index (χ1v) is 7.79. The first kappa shape index (κ1) is 14.9. The van der Waals surface area contributed by atoms with Gasteiger partial charge in [-0.2, -0.15) is 0 Å². The van der Waals surface area contributed by atoms with Crippen LogP contribution in [0.3, 0.4) is 0 Å². The number of carbonyl (C=O) groups is 2. The molecular formula is C15H19NO3S. The minimum atomic E-state index is -1.02. The summed E-state index contributed by atoms with van der Waals surface area (Å²) in [5.74, 6) is -0.361. The van der Waals surface area contributed by atoms with Gasteiger partial charge in [0.1, 0.15) is 5.54 Å². The molecule has 0 bridgehead atoms. The molecule has 1 saturated carbocycles. The van der Waals surface area contributed by atoms with Crippen LogP contribution in [0, 0.1) is 0 Å². The van der Waals surface area contributed by atoms with Crippen molar-refractivity contribution >= 4 is 23.6 Å². The molecule has 0 heterocycles. The molecule has 1 amide bonds. The summed E-state index contributed by atoms with van der Waals surface area (Å²) in [6.07, 6.45) is 1.92. The molecule has 0 aromatic heterocycles. The summed E-state index contributed by atoms with van der Waals surface area (Å²) in [5.41, 5.74) is 0.146. The van der Waals surface area contributed by atoms with Gasteiger partial charge in [-0.1, -0.05) is 30.3 Å². The van der Waals surface area contributed by atoms with E-state index in [1.165, 1.54) is 11.8 Å². The van der Waals surface area contributed by atoms with Crippen LogP contribution in [0.5, 0.6) is 0 Å². The quantitative estimate of drug-likeness (QED) is 0.845. The topological polar surface area (TPSA) is 66.4 Å². The van der Waals surface area contributed by atoms with E-state index in [-0.39, 0.29) is 11.2 Å². The van der Waals surface area contributed by atoms with Crippen molar-refractivity contribution in [1.29, 1.82) is 0 Å². The zero-order valence-electron chi connectivity index (χ0n) is 11.5. The van der Waals surface area contributed by atoms with E-state index in [4.69, 9.17) is 0 Å². The van der Waals surface area contributed by atoms with Gasteiger partial charge in [-0.3, -0.25) is 4.79 Å². The molecule has 1 aliphatic rings. The summed E-state index contributed by atoms with van der Waals surface area (Å²) in [6.45, 7) is 1.82. The van der Waals surface area contributed by atoms with Gasteiger partial charge in [-0.05, 0) is 31.7 Å². The van der Waals surface area contributed by atoms with Gasteiger partial charge in [0.15, 0.2) is 0 Å². The highest BCUT2D eigenvalue weighted by Gasteiger charge is 2.46. The summed E-state index contributed by atoms with van der Waals surface area (Å²) < 4.78 is 0. The molecule has 2 N–H and O–H groups in total. The smallest absolute Gasteiger partial charge is 0.329 e. The van der Waals surface area contributed by atoms with Crippen molar-refractivity contribution in [2.45, 2.75) is 42.7 Å². The fourth-order valence-electron chi connectivity index (χ4n) is 2.13. The Morgan fingerprint density at radius 3 is 2.50 bits per heavy atom. The fourth-order valence-corrected chi connectivity index (χ4v) is 2.98. The Balaban J connectivity index is 1.84. The van der Waals surface area contributed by atoms with Crippen LogP contribution in [-0.2, 0) is 15.3 Å². The lowest BCUT2D eigenvalue weighted by atomic mass is 9.76. The number of hydrogen-bond donors (Lipinski definition) is 2. The molecule has 1 aliphatic carbocycles. The second-order valence-corrected chi connectivity index (χ2v) is 6.50. The molecule has 5 heteroatoms. The maximum Gasteiger partial charge on any atom is 0.329 e. The number of nitrogens with one attached hydrogen (secondary N) is 1. The molecule has 1 aromatic rings. The van der Waals surface area contributed by atoms with Gasteiger partial charge >= 0.3 is 5.97 Å². The van der Waals surface area contributed by atoms with Crippen LogP contribution >= 0.6 is 11.8 Å². The fraction of sp³-hybridized carbons (Fsp3) is 0.467. The predicted molar refractivity (Wildman–Crippen MR) is 79.6 cm³/mol. The second-order valence-electron chi connectivity index (χ2n) is 5.17. The summed E-state index contributed by atoms with van der Waals surface area (Å²) in [4.78, 5) is 23.3. The third kappa shape index (κ3) is 3.33. The van der Waals surface area contributed by atoms with Gasteiger partial charge in [0.25, 0.3) is 0 Å². The molecule has 1 fully saturated rings. The number of amides is 1. The summed E-state index contributed by atoms with van der Waals surface area (Å²) in [6, 6.07) is 9.92. The van der Waals surface area contributed by atoms with E-state index in [2.05, 4.69) is 5.32 Å². The van der Waals surface area contributed by atoms with E-state index >= 15 is 0 Å². The number of benzene rings is 1. The molecule has 0 aliphatic heterocycles. The van der Waals surface area contributed by atoms with E-state index < -0.39 is 11.5 Å². The van der Waals surface area contributed by atoms with E-state index in [0.717, 1.165) is 17.7 Å². The van der Waals surface area contributed by atoms with Gasteiger partial charge in [0.05, 0.1) is 5.25 Å².